The van der Waals surface area contributed by atoms with Crippen molar-refractivity contribution >= 4 is 24.0 Å². The molecule has 1 aromatic heterocycles. The Balaban J connectivity index is 0.00000169. The van der Waals surface area contributed by atoms with E-state index in [4.69, 9.17) is 17.3 Å². The quantitative estimate of drug-likeness (QED) is 0.784. The van der Waals surface area contributed by atoms with Crippen LogP contribution in [0, 0.1) is 0 Å². The minimum Gasteiger partial charge on any atom is -0.387 e. The molecule has 0 aliphatic carbocycles. The summed E-state index contributed by atoms with van der Waals surface area (Å²) in [6.07, 6.45) is 2.12. The lowest BCUT2D eigenvalue weighted by molar-refractivity contribution is 0.190. The Morgan fingerprint density at radius 3 is 2.79 bits per heavy atom. The highest BCUT2D eigenvalue weighted by Gasteiger charge is 2.14. The summed E-state index contributed by atoms with van der Waals surface area (Å²) in [6, 6.07) is 2.70. The van der Waals surface area contributed by atoms with E-state index in [-0.39, 0.29) is 12.4 Å². The lowest BCUT2D eigenvalue weighted by atomic mass is 10.1. The van der Waals surface area contributed by atoms with Gasteiger partial charge in [-0.1, -0.05) is 17.7 Å². The van der Waals surface area contributed by atoms with Gasteiger partial charge in [0.05, 0.1) is 17.8 Å². The average Bonchev–Trinajstić information content (AvgIpc) is 2.15. The van der Waals surface area contributed by atoms with E-state index >= 15 is 0 Å². The molecule has 1 heterocycles. The first kappa shape index (κ1) is 13.4. The Morgan fingerprint density at radius 1 is 1.64 bits per heavy atom. The molecule has 3 nitrogen and oxygen atoms in total. The maximum atomic E-state index is 9.34. The van der Waals surface area contributed by atoms with Gasteiger partial charge in [0.15, 0.2) is 0 Å². The van der Waals surface area contributed by atoms with Crippen molar-refractivity contribution in [2.75, 3.05) is 0 Å². The molecule has 78 valence electrons. The van der Waals surface area contributed by atoms with Crippen LogP contribution in [0.1, 0.15) is 11.7 Å². The van der Waals surface area contributed by atoms with Gasteiger partial charge in [-0.3, -0.25) is 4.98 Å². The molecule has 0 radical (unpaired) electrons. The number of pyridine rings is 1. The summed E-state index contributed by atoms with van der Waals surface area (Å²) >= 11 is 5.73. The van der Waals surface area contributed by atoms with E-state index in [9.17, 15) is 5.11 Å². The van der Waals surface area contributed by atoms with Crippen molar-refractivity contribution in [3.63, 3.8) is 0 Å². The van der Waals surface area contributed by atoms with Gasteiger partial charge in [-0.05, 0) is 12.1 Å². The highest BCUT2D eigenvalue weighted by atomic mass is 35.5. The molecule has 0 spiro atoms. The average molecular weight is 235 g/mol. The number of nitrogens with two attached hydrogens (primary N) is 1. The van der Waals surface area contributed by atoms with Crippen LogP contribution < -0.4 is 5.73 Å². The van der Waals surface area contributed by atoms with Crippen molar-refractivity contribution in [3.8, 4) is 0 Å². The van der Waals surface area contributed by atoms with Gasteiger partial charge in [-0.2, -0.15) is 0 Å². The number of aliphatic hydroxyl groups is 1. The van der Waals surface area contributed by atoms with Crippen molar-refractivity contribution in [2.45, 2.75) is 12.1 Å². The summed E-state index contributed by atoms with van der Waals surface area (Å²) < 4.78 is 0. The number of aromatic nitrogens is 1. The normalized spacial score (nSPS) is 13.9. The fourth-order valence-corrected chi connectivity index (χ4v) is 1.09. The number of halogens is 2. The maximum Gasteiger partial charge on any atom is 0.0926 e. The molecule has 0 aliphatic heterocycles. The highest BCUT2D eigenvalue weighted by Crippen LogP contribution is 2.16. The second kappa shape index (κ2) is 5.98. The van der Waals surface area contributed by atoms with Crippen LogP contribution in [0.15, 0.2) is 31.0 Å². The Morgan fingerprint density at radius 2 is 2.29 bits per heavy atom. The zero-order chi connectivity index (χ0) is 9.84. The van der Waals surface area contributed by atoms with Crippen LogP contribution in [-0.2, 0) is 0 Å². The number of nitrogens with zero attached hydrogens (tertiary/aromatic N) is 1. The zero-order valence-electron chi connectivity index (χ0n) is 7.43. The third-order valence-corrected chi connectivity index (χ3v) is 1.93. The summed E-state index contributed by atoms with van der Waals surface area (Å²) in [5.74, 6) is 0. The van der Waals surface area contributed by atoms with Gasteiger partial charge in [-0.25, -0.2) is 0 Å². The fourth-order valence-electron chi connectivity index (χ4n) is 0.925. The number of hydrogen-bond acceptors (Lipinski definition) is 3. The largest absolute Gasteiger partial charge is 0.387 e. The lowest BCUT2D eigenvalue weighted by Crippen LogP contribution is -2.24. The fraction of sp³-hybridized carbons (Fsp3) is 0.222. The first-order valence-electron chi connectivity index (χ1n) is 3.83. The van der Waals surface area contributed by atoms with Crippen LogP contribution in [0.5, 0.6) is 0 Å². The SMILES string of the molecule is C=C[C@H](O)[C@H](N)c1cc(Cl)ccn1.Cl. The van der Waals surface area contributed by atoms with E-state index < -0.39 is 12.1 Å². The summed E-state index contributed by atoms with van der Waals surface area (Å²) in [7, 11) is 0. The second-order valence-electron chi connectivity index (χ2n) is 2.65. The molecular weight excluding hydrogens is 223 g/mol. The van der Waals surface area contributed by atoms with E-state index in [1.165, 1.54) is 6.08 Å². The Labute approximate surface area is 94.0 Å². The molecule has 0 aromatic carbocycles. The second-order valence-corrected chi connectivity index (χ2v) is 3.09. The monoisotopic (exact) mass is 234 g/mol. The summed E-state index contributed by atoms with van der Waals surface area (Å²) in [6.45, 7) is 3.44. The minimum absolute atomic E-state index is 0. The molecule has 2 atom stereocenters. The number of hydrogen-bond donors (Lipinski definition) is 2. The summed E-state index contributed by atoms with van der Waals surface area (Å²) in [5, 5.41) is 9.90. The van der Waals surface area contributed by atoms with E-state index in [1.807, 2.05) is 0 Å². The molecule has 0 unspecified atom stereocenters. The van der Waals surface area contributed by atoms with Crippen LogP contribution in [0.3, 0.4) is 0 Å². The summed E-state index contributed by atoms with van der Waals surface area (Å²) in [4.78, 5) is 3.99. The highest BCUT2D eigenvalue weighted by molar-refractivity contribution is 6.30. The van der Waals surface area contributed by atoms with Crippen LogP contribution in [-0.4, -0.2) is 16.2 Å². The third-order valence-electron chi connectivity index (χ3n) is 1.69. The van der Waals surface area contributed by atoms with Crippen molar-refractivity contribution < 1.29 is 5.11 Å². The van der Waals surface area contributed by atoms with Gasteiger partial charge in [0.2, 0.25) is 0 Å². The standard InChI is InChI=1S/C9H11ClN2O.ClH/c1-2-8(13)9(11)7-5-6(10)3-4-12-7;/h2-5,8-9,13H,1,11H2;1H/t8-,9+;/m0./s1. The van der Waals surface area contributed by atoms with Crippen molar-refractivity contribution in [3.05, 3.63) is 41.7 Å². The Hall–Kier alpha value is -0.610. The first-order valence-corrected chi connectivity index (χ1v) is 4.20. The van der Waals surface area contributed by atoms with E-state index in [0.29, 0.717) is 10.7 Å². The summed E-state index contributed by atoms with van der Waals surface area (Å²) in [5.41, 5.74) is 6.23. The topological polar surface area (TPSA) is 59.1 Å². The molecule has 3 N–H and O–H groups in total. The van der Waals surface area contributed by atoms with Crippen molar-refractivity contribution in [1.29, 1.82) is 0 Å². The van der Waals surface area contributed by atoms with E-state index in [2.05, 4.69) is 11.6 Å². The van der Waals surface area contributed by atoms with Crippen LogP contribution in [0.25, 0.3) is 0 Å². The van der Waals surface area contributed by atoms with Gasteiger partial charge >= 0.3 is 0 Å². The number of aliphatic hydroxyl groups excluding tert-OH is 1. The molecule has 0 saturated carbocycles. The predicted molar refractivity (Wildman–Crippen MR) is 59.6 cm³/mol. The molecule has 14 heavy (non-hydrogen) atoms. The Kier molecular flexibility index (Phi) is 5.72. The molecule has 5 heteroatoms. The molecule has 1 rings (SSSR count). The van der Waals surface area contributed by atoms with Crippen LogP contribution in [0.2, 0.25) is 5.02 Å². The Bertz CT molecular complexity index is 307. The van der Waals surface area contributed by atoms with Gasteiger partial charge in [-0.15, -0.1) is 19.0 Å². The smallest absolute Gasteiger partial charge is 0.0926 e. The van der Waals surface area contributed by atoms with Gasteiger partial charge < -0.3 is 10.8 Å². The maximum absolute atomic E-state index is 9.34. The molecular formula is C9H12Cl2N2O. The van der Waals surface area contributed by atoms with Crippen LogP contribution in [0.4, 0.5) is 0 Å². The molecule has 0 saturated heterocycles. The minimum atomic E-state index is -0.800. The molecule has 0 aliphatic rings. The third kappa shape index (κ3) is 3.27. The van der Waals surface area contributed by atoms with Crippen LogP contribution >= 0.6 is 24.0 Å². The van der Waals surface area contributed by atoms with E-state index in [0.717, 1.165) is 0 Å². The van der Waals surface area contributed by atoms with E-state index in [1.54, 1.807) is 18.3 Å². The predicted octanol–water partition coefficient (Wildman–Crippen LogP) is 1.70. The van der Waals surface area contributed by atoms with Gasteiger partial charge in [0.25, 0.3) is 0 Å². The number of rotatable bonds is 3. The molecule has 0 bridgehead atoms. The van der Waals surface area contributed by atoms with Gasteiger partial charge in [0, 0.05) is 11.2 Å². The molecule has 1 aromatic rings. The van der Waals surface area contributed by atoms with Crippen molar-refractivity contribution in [2.24, 2.45) is 5.73 Å². The van der Waals surface area contributed by atoms with Crippen molar-refractivity contribution in [1.82, 2.24) is 4.98 Å². The van der Waals surface area contributed by atoms with Gasteiger partial charge in [0.1, 0.15) is 0 Å². The zero-order valence-corrected chi connectivity index (χ0v) is 9.00. The molecule has 0 amide bonds. The molecule has 0 fully saturated rings. The lowest BCUT2D eigenvalue weighted by Gasteiger charge is -2.14. The first-order chi connectivity index (χ1) is 6.15.